The molecule has 4 rings (SSSR count). The highest BCUT2D eigenvalue weighted by Gasteiger charge is 2.24. The third kappa shape index (κ3) is 3.88. The standard InChI is InChI=1S/C19H23N5O4/c1-3-26-19(25)24-8-6-23(7-9-24)18-20-13(2)10-17(22-18)21-14-4-5-15-16(11-14)28-12-27-15/h4-5,10-11H,3,6-9,12H2,1-2H3,(H,20,21,22). The average molecular weight is 385 g/mol. The van der Waals surface area contributed by atoms with Gasteiger partial charge in [-0.1, -0.05) is 0 Å². The van der Waals surface area contributed by atoms with E-state index in [0.717, 1.165) is 17.1 Å². The van der Waals surface area contributed by atoms with Crippen LogP contribution in [0, 0.1) is 6.92 Å². The van der Waals surface area contributed by atoms with Crippen LogP contribution in [0.25, 0.3) is 0 Å². The van der Waals surface area contributed by atoms with Gasteiger partial charge in [0.15, 0.2) is 11.5 Å². The zero-order valence-corrected chi connectivity index (χ0v) is 16.0. The van der Waals surface area contributed by atoms with E-state index in [1.807, 2.05) is 38.1 Å². The van der Waals surface area contributed by atoms with Crippen LogP contribution in [0.1, 0.15) is 12.6 Å². The fourth-order valence-electron chi connectivity index (χ4n) is 3.18. The van der Waals surface area contributed by atoms with Crippen LogP contribution in [0.4, 0.5) is 22.2 Å². The minimum absolute atomic E-state index is 0.243. The number of anilines is 3. The zero-order chi connectivity index (χ0) is 19.5. The Morgan fingerprint density at radius 3 is 2.71 bits per heavy atom. The fraction of sp³-hybridized carbons (Fsp3) is 0.421. The lowest BCUT2D eigenvalue weighted by Crippen LogP contribution is -2.49. The summed E-state index contributed by atoms with van der Waals surface area (Å²) in [6, 6.07) is 7.57. The number of benzene rings is 1. The van der Waals surface area contributed by atoms with E-state index in [9.17, 15) is 4.79 Å². The normalized spacial score (nSPS) is 15.5. The van der Waals surface area contributed by atoms with Crippen molar-refractivity contribution in [2.45, 2.75) is 13.8 Å². The average Bonchev–Trinajstić information content (AvgIpc) is 3.16. The maximum atomic E-state index is 11.9. The van der Waals surface area contributed by atoms with Crippen molar-refractivity contribution >= 4 is 23.5 Å². The van der Waals surface area contributed by atoms with Crippen molar-refractivity contribution in [2.24, 2.45) is 0 Å². The Morgan fingerprint density at radius 1 is 1.14 bits per heavy atom. The van der Waals surface area contributed by atoms with Gasteiger partial charge in [0.25, 0.3) is 0 Å². The van der Waals surface area contributed by atoms with Gasteiger partial charge in [0.2, 0.25) is 12.7 Å². The van der Waals surface area contributed by atoms with Crippen LogP contribution in [0.5, 0.6) is 11.5 Å². The molecule has 0 radical (unpaired) electrons. The molecule has 0 atom stereocenters. The summed E-state index contributed by atoms with van der Waals surface area (Å²) in [6.07, 6.45) is -0.266. The minimum atomic E-state index is -0.266. The van der Waals surface area contributed by atoms with E-state index in [4.69, 9.17) is 14.2 Å². The van der Waals surface area contributed by atoms with Gasteiger partial charge in [0.05, 0.1) is 6.61 Å². The summed E-state index contributed by atoms with van der Waals surface area (Å²) in [5.74, 6) is 2.80. The Hall–Kier alpha value is -3.23. The number of hydrogen-bond acceptors (Lipinski definition) is 8. The Bertz CT molecular complexity index is 867. The van der Waals surface area contributed by atoms with Crippen LogP contribution in [0.3, 0.4) is 0 Å². The number of fused-ring (bicyclic) bond motifs is 1. The van der Waals surface area contributed by atoms with Crippen LogP contribution >= 0.6 is 0 Å². The largest absolute Gasteiger partial charge is 0.454 e. The van der Waals surface area contributed by atoms with Crippen molar-refractivity contribution in [3.8, 4) is 11.5 Å². The van der Waals surface area contributed by atoms with Gasteiger partial charge in [-0.25, -0.2) is 9.78 Å². The van der Waals surface area contributed by atoms with Crippen molar-refractivity contribution in [3.05, 3.63) is 30.0 Å². The molecule has 1 amide bonds. The molecular weight excluding hydrogens is 362 g/mol. The molecule has 1 fully saturated rings. The maximum Gasteiger partial charge on any atom is 0.409 e. The van der Waals surface area contributed by atoms with Gasteiger partial charge >= 0.3 is 6.09 Å². The first-order chi connectivity index (χ1) is 13.6. The molecule has 1 N–H and O–H groups in total. The summed E-state index contributed by atoms with van der Waals surface area (Å²) in [5.41, 5.74) is 1.72. The summed E-state index contributed by atoms with van der Waals surface area (Å²) in [6.45, 7) is 6.86. The second-order valence-corrected chi connectivity index (χ2v) is 6.56. The number of carbonyl (C=O) groups is 1. The number of aromatic nitrogens is 2. The number of ether oxygens (including phenoxy) is 3. The van der Waals surface area contributed by atoms with Crippen LogP contribution in [0.2, 0.25) is 0 Å². The summed E-state index contributed by atoms with van der Waals surface area (Å²) < 4.78 is 15.8. The fourth-order valence-corrected chi connectivity index (χ4v) is 3.18. The maximum absolute atomic E-state index is 11.9. The molecule has 148 valence electrons. The van der Waals surface area contributed by atoms with Crippen molar-refractivity contribution in [1.82, 2.24) is 14.9 Å². The monoisotopic (exact) mass is 385 g/mol. The highest BCUT2D eigenvalue weighted by molar-refractivity contribution is 5.68. The molecule has 9 nitrogen and oxygen atoms in total. The van der Waals surface area contributed by atoms with Gasteiger partial charge in [-0.2, -0.15) is 4.98 Å². The predicted molar refractivity (Wildman–Crippen MR) is 103 cm³/mol. The zero-order valence-electron chi connectivity index (χ0n) is 16.0. The first kappa shape index (κ1) is 18.1. The second kappa shape index (κ2) is 7.79. The molecule has 28 heavy (non-hydrogen) atoms. The molecule has 0 spiro atoms. The molecule has 0 unspecified atom stereocenters. The lowest BCUT2D eigenvalue weighted by Gasteiger charge is -2.34. The number of nitrogens with one attached hydrogen (secondary N) is 1. The van der Waals surface area contributed by atoms with E-state index in [1.165, 1.54) is 0 Å². The van der Waals surface area contributed by atoms with Gasteiger partial charge in [-0.3, -0.25) is 0 Å². The topological polar surface area (TPSA) is 89.1 Å². The van der Waals surface area contributed by atoms with E-state index in [-0.39, 0.29) is 12.9 Å². The molecule has 9 heteroatoms. The molecule has 0 bridgehead atoms. The van der Waals surface area contributed by atoms with Crippen molar-refractivity contribution < 1.29 is 19.0 Å². The highest BCUT2D eigenvalue weighted by Crippen LogP contribution is 2.35. The molecule has 0 saturated carbocycles. The predicted octanol–water partition coefficient (Wildman–Crippen LogP) is 2.54. The molecular formula is C19H23N5O4. The Kier molecular flexibility index (Phi) is 5.05. The molecule has 3 heterocycles. The van der Waals surface area contributed by atoms with Gasteiger partial charge in [-0.05, 0) is 26.0 Å². The summed E-state index contributed by atoms with van der Waals surface area (Å²) >= 11 is 0. The van der Waals surface area contributed by atoms with E-state index < -0.39 is 0 Å². The Balaban J connectivity index is 1.45. The second-order valence-electron chi connectivity index (χ2n) is 6.56. The van der Waals surface area contributed by atoms with Gasteiger partial charge in [0, 0.05) is 49.7 Å². The Morgan fingerprint density at radius 2 is 1.93 bits per heavy atom. The van der Waals surface area contributed by atoms with Gasteiger partial charge < -0.3 is 29.3 Å². The summed E-state index contributed by atoms with van der Waals surface area (Å²) in [7, 11) is 0. The van der Waals surface area contributed by atoms with E-state index >= 15 is 0 Å². The lowest BCUT2D eigenvalue weighted by atomic mass is 10.2. The van der Waals surface area contributed by atoms with Crippen molar-refractivity contribution in [1.29, 1.82) is 0 Å². The minimum Gasteiger partial charge on any atom is -0.454 e. The van der Waals surface area contributed by atoms with E-state index in [0.29, 0.717) is 50.3 Å². The molecule has 2 aliphatic rings. The smallest absolute Gasteiger partial charge is 0.409 e. The Labute approximate surface area is 163 Å². The lowest BCUT2D eigenvalue weighted by molar-refractivity contribution is 0.105. The highest BCUT2D eigenvalue weighted by atomic mass is 16.7. The third-order valence-electron chi connectivity index (χ3n) is 4.58. The number of amides is 1. The first-order valence-corrected chi connectivity index (χ1v) is 9.31. The molecule has 2 aromatic rings. The van der Waals surface area contributed by atoms with E-state index in [2.05, 4.69) is 20.2 Å². The molecule has 0 aliphatic carbocycles. The summed E-state index contributed by atoms with van der Waals surface area (Å²) in [4.78, 5) is 24.9. The van der Waals surface area contributed by atoms with Crippen LogP contribution in [-0.2, 0) is 4.74 Å². The van der Waals surface area contributed by atoms with Crippen LogP contribution in [-0.4, -0.2) is 60.5 Å². The molecule has 2 aliphatic heterocycles. The van der Waals surface area contributed by atoms with Crippen LogP contribution in [0.15, 0.2) is 24.3 Å². The SMILES string of the molecule is CCOC(=O)N1CCN(c2nc(C)cc(Nc3ccc4c(c3)OCO4)n2)CC1. The third-order valence-corrected chi connectivity index (χ3v) is 4.58. The van der Waals surface area contributed by atoms with Gasteiger partial charge in [-0.15, -0.1) is 0 Å². The van der Waals surface area contributed by atoms with Crippen LogP contribution < -0.4 is 19.7 Å². The molecule has 1 saturated heterocycles. The molecule has 1 aromatic carbocycles. The number of aryl methyl sites for hydroxylation is 1. The molecule has 1 aromatic heterocycles. The van der Waals surface area contributed by atoms with Crippen molar-refractivity contribution in [2.75, 3.05) is 49.8 Å². The first-order valence-electron chi connectivity index (χ1n) is 9.31. The number of nitrogens with zero attached hydrogens (tertiary/aromatic N) is 4. The van der Waals surface area contributed by atoms with Crippen molar-refractivity contribution in [3.63, 3.8) is 0 Å². The number of hydrogen-bond donors (Lipinski definition) is 1. The quantitative estimate of drug-likeness (QED) is 0.859. The number of rotatable bonds is 4. The van der Waals surface area contributed by atoms with Gasteiger partial charge in [0.1, 0.15) is 5.82 Å². The summed E-state index contributed by atoms with van der Waals surface area (Å²) in [5, 5.41) is 3.30. The number of piperazine rings is 1. The van der Waals surface area contributed by atoms with E-state index in [1.54, 1.807) is 4.90 Å². The number of carbonyl (C=O) groups excluding carboxylic acids is 1.